The summed E-state index contributed by atoms with van der Waals surface area (Å²) in [6.07, 6.45) is 10.2. The molecule has 0 saturated carbocycles. The van der Waals surface area contributed by atoms with Gasteiger partial charge in [0.05, 0.1) is 16.4 Å². The van der Waals surface area contributed by atoms with Crippen LogP contribution in [-0.2, 0) is 5.41 Å². The standard InChI is InChI=1S/C59H41N/c1-4-19-41(20-5-1)57-51-31-17-33-54(57)59(44-22-6-2-7-23-44,53-32-15-14-30-50(53)48-28-12-13-29-49(48)51)45-24-16-21-42(38-45)43-35-36-55-52(39-43)58-47-27-11-10-18-40(47)34-37-56(58)60(55)46-25-8-3-9-26-46/h1-22,24-39,44H,23H2. The van der Waals surface area contributed by atoms with E-state index in [4.69, 9.17) is 0 Å². The minimum atomic E-state index is -0.535. The highest BCUT2D eigenvalue weighted by Crippen LogP contribution is 2.57. The van der Waals surface area contributed by atoms with Crippen molar-refractivity contribution in [1.29, 1.82) is 0 Å². The maximum atomic E-state index is 2.51. The van der Waals surface area contributed by atoms with E-state index in [9.17, 15) is 0 Å². The van der Waals surface area contributed by atoms with Gasteiger partial charge in [0.1, 0.15) is 0 Å². The third-order valence-corrected chi connectivity index (χ3v) is 13.3. The monoisotopic (exact) mass is 763 g/mol. The van der Waals surface area contributed by atoms with Crippen molar-refractivity contribution in [2.24, 2.45) is 5.92 Å². The van der Waals surface area contributed by atoms with Crippen LogP contribution in [0.25, 0.3) is 82.8 Å². The van der Waals surface area contributed by atoms with Crippen LogP contribution in [-0.4, -0.2) is 4.57 Å². The average molecular weight is 764 g/mol. The number of allylic oxidation sites excluding steroid dienone is 4. The van der Waals surface area contributed by atoms with E-state index in [1.807, 2.05) is 0 Å². The Hall–Kier alpha value is -7.48. The van der Waals surface area contributed by atoms with E-state index >= 15 is 0 Å². The van der Waals surface area contributed by atoms with Gasteiger partial charge in [0.15, 0.2) is 0 Å². The fourth-order valence-corrected chi connectivity index (χ4v) is 10.8. The number of hydrogen-bond acceptors (Lipinski definition) is 0. The van der Waals surface area contributed by atoms with Gasteiger partial charge in [0, 0.05) is 16.5 Å². The normalized spacial score (nSPS) is 16.7. The number of benzene rings is 9. The van der Waals surface area contributed by atoms with Crippen molar-refractivity contribution in [3.05, 3.63) is 247 Å². The number of nitrogens with zero attached hydrogens (tertiary/aromatic N) is 1. The molecule has 12 rings (SSSR count). The number of hydrogen-bond donors (Lipinski definition) is 0. The molecule has 0 radical (unpaired) electrons. The zero-order valence-electron chi connectivity index (χ0n) is 33.2. The van der Waals surface area contributed by atoms with Crippen molar-refractivity contribution < 1.29 is 0 Å². The first kappa shape index (κ1) is 34.6. The second kappa shape index (κ2) is 13.8. The second-order valence-electron chi connectivity index (χ2n) is 16.3. The van der Waals surface area contributed by atoms with Crippen molar-refractivity contribution in [2.45, 2.75) is 11.8 Å². The molecular formula is C59H41N. The Morgan fingerprint density at radius 2 is 1.08 bits per heavy atom. The molecule has 0 amide bonds. The Morgan fingerprint density at radius 3 is 1.92 bits per heavy atom. The first-order valence-corrected chi connectivity index (χ1v) is 21.1. The van der Waals surface area contributed by atoms with Gasteiger partial charge in [0.2, 0.25) is 0 Å². The van der Waals surface area contributed by atoms with Gasteiger partial charge in [-0.25, -0.2) is 0 Å². The van der Waals surface area contributed by atoms with Crippen LogP contribution in [0.3, 0.4) is 0 Å². The lowest BCUT2D eigenvalue weighted by atomic mass is 9.56. The lowest BCUT2D eigenvalue weighted by Crippen LogP contribution is -2.39. The SMILES string of the molecule is C1=CCC(C2(c3cccc(-c4ccc5c(c4)c4c6ccccc6ccc4n5-c4ccccc4)c3)c3ccccc3-c3ccccc3-c3cccc2c3-c2ccccc2)C=C1. The number of aromatic nitrogens is 1. The number of rotatable bonds is 5. The van der Waals surface area contributed by atoms with E-state index in [0.717, 1.165) is 6.42 Å². The smallest absolute Gasteiger partial charge is 0.0547 e. The topological polar surface area (TPSA) is 4.93 Å². The van der Waals surface area contributed by atoms with Gasteiger partial charge < -0.3 is 4.57 Å². The van der Waals surface area contributed by atoms with Gasteiger partial charge in [-0.05, 0) is 121 Å². The highest BCUT2D eigenvalue weighted by Gasteiger charge is 2.47. The summed E-state index contributed by atoms with van der Waals surface area (Å²) < 4.78 is 2.43. The van der Waals surface area contributed by atoms with Crippen molar-refractivity contribution in [3.8, 4) is 50.2 Å². The molecule has 2 atom stereocenters. The average Bonchev–Trinajstić information content (AvgIpc) is 3.67. The first-order chi connectivity index (χ1) is 29.8. The summed E-state index contributed by atoms with van der Waals surface area (Å²) in [4.78, 5) is 0. The van der Waals surface area contributed by atoms with Gasteiger partial charge in [-0.3, -0.25) is 0 Å². The van der Waals surface area contributed by atoms with E-state index in [0.29, 0.717) is 0 Å². The Bertz CT molecular complexity index is 3350. The van der Waals surface area contributed by atoms with Crippen LogP contribution < -0.4 is 0 Å². The molecule has 2 bridgehead atoms. The predicted molar refractivity (Wildman–Crippen MR) is 253 cm³/mol. The van der Waals surface area contributed by atoms with Crippen LogP contribution in [0.1, 0.15) is 23.1 Å². The molecule has 2 aliphatic carbocycles. The summed E-state index contributed by atoms with van der Waals surface area (Å²) in [5.74, 6) is 0.152. The second-order valence-corrected chi connectivity index (χ2v) is 16.3. The first-order valence-electron chi connectivity index (χ1n) is 21.1. The minimum absolute atomic E-state index is 0.152. The lowest BCUT2D eigenvalue weighted by molar-refractivity contribution is 0.450. The Morgan fingerprint density at radius 1 is 0.433 bits per heavy atom. The summed E-state index contributed by atoms with van der Waals surface area (Å²) in [6.45, 7) is 0. The summed E-state index contributed by atoms with van der Waals surface area (Å²) in [5, 5.41) is 5.08. The predicted octanol–water partition coefficient (Wildman–Crippen LogP) is 15.4. The molecular weight excluding hydrogens is 723 g/mol. The van der Waals surface area contributed by atoms with E-state index < -0.39 is 5.41 Å². The third-order valence-electron chi connectivity index (χ3n) is 13.3. The summed E-state index contributed by atoms with van der Waals surface area (Å²) in [7, 11) is 0. The van der Waals surface area contributed by atoms with Crippen molar-refractivity contribution in [2.75, 3.05) is 0 Å². The van der Waals surface area contributed by atoms with Crippen LogP contribution >= 0.6 is 0 Å². The Balaban J connectivity index is 1.16. The maximum absolute atomic E-state index is 2.51. The van der Waals surface area contributed by atoms with Crippen molar-refractivity contribution in [1.82, 2.24) is 4.57 Å². The zero-order valence-corrected chi connectivity index (χ0v) is 33.2. The Kier molecular flexibility index (Phi) is 7.96. The van der Waals surface area contributed by atoms with Gasteiger partial charge in [0.25, 0.3) is 0 Å². The highest BCUT2D eigenvalue weighted by atomic mass is 15.0. The molecule has 0 aliphatic heterocycles. The molecule has 0 saturated heterocycles. The molecule has 0 N–H and O–H groups in total. The number of fused-ring (bicyclic) bond motifs is 11. The quantitative estimate of drug-likeness (QED) is 0.165. The van der Waals surface area contributed by atoms with E-state index in [1.54, 1.807) is 0 Å². The van der Waals surface area contributed by atoms with Gasteiger partial charge >= 0.3 is 0 Å². The summed E-state index contributed by atoms with van der Waals surface area (Å²) >= 11 is 0. The lowest BCUT2D eigenvalue weighted by Gasteiger charge is -2.45. The summed E-state index contributed by atoms with van der Waals surface area (Å²) in [6, 6.07) is 77.1. The molecule has 10 aromatic rings. The molecule has 282 valence electrons. The molecule has 1 aromatic heterocycles. The molecule has 1 heterocycles. The largest absolute Gasteiger partial charge is 0.309 e. The van der Waals surface area contributed by atoms with Crippen LogP contribution in [0.4, 0.5) is 0 Å². The van der Waals surface area contributed by atoms with E-state index in [2.05, 4.69) is 235 Å². The van der Waals surface area contributed by atoms with E-state index in [1.165, 1.54) is 99.5 Å². The van der Waals surface area contributed by atoms with Gasteiger partial charge in [-0.2, -0.15) is 0 Å². The highest BCUT2D eigenvalue weighted by molar-refractivity contribution is 6.22. The van der Waals surface area contributed by atoms with Crippen LogP contribution in [0.5, 0.6) is 0 Å². The van der Waals surface area contributed by atoms with Crippen LogP contribution in [0.2, 0.25) is 0 Å². The molecule has 0 fully saturated rings. The zero-order chi connectivity index (χ0) is 39.6. The third kappa shape index (κ3) is 5.12. The van der Waals surface area contributed by atoms with Crippen LogP contribution in [0, 0.1) is 5.92 Å². The minimum Gasteiger partial charge on any atom is -0.309 e. The molecule has 2 unspecified atom stereocenters. The Labute approximate surface area is 350 Å². The fourth-order valence-electron chi connectivity index (χ4n) is 10.8. The van der Waals surface area contributed by atoms with E-state index in [-0.39, 0.29) is 5.92 Å². The van der Waals surface area contributed by atoms with Gasteiger partial charge in [-0.15, -0.1) is 0 Å². The molecule has 60 heavy (non-hydrogen) atoms. The van der Waals surface area contributed by atoms with Gasteiger partial charge in [-0.1, -0.05) is 194 Å². The summed E-state index contributed by atoms with van der Waals surface area (Å²) in [5.41, 5.74) is 17.1. The number of para-hydroxylation sites is 1. The van der Waals surface area contributed by atoms with Crippen molar-refractivity contribution >= 4 is 32.6 Å². The molecule has 9 aromatic carbocycles. The molecule has 0 spiro atoms. The molecule has 1 nitrogen and oxygen atoms in total. The van der Waals surface area contributed by atoms with Crippen LogP contribution in [0.15, 0.2) is 231 Å². The maximum Gasteiger partial charge on any atom is 0.0547 e. The fraction of sp³-hybridized carbons (Fsp3) is 0.0508. The van der Waals surface area contributed by atoms with Crippen molar-refractivity contribution in [3.63, 3.8) is 0 Å². The molecule has 1 heteroatoms. The molecule has 2 aliphatic rings.